The topological polar surface area (TPSA) is 83.5 Å². The fourth-order valence-electron chi connectivity index (χ4n) is 2.69. The zero-order chi connectivity index (χ0) is 18.9. The van der Waals surface area contributed by atoms with Crippen molar-refractivity contribution in [1.29, 1.82) is 0 Å². The van der Waals surface area contributed by atoms with E-state index in [1.165, 1.54) is 4.90 Å². The van der Waals surface area contributed by atoms with Crippen LogP contribution in [0.1, 0.15) is 22.3 Å². The summed E-state index contributed by atoms with van der Waals surface area (Å²) >= 11 is 1.01. The molecule has 0 spiro atoms. The maximum Gasteiger partial charge on any atom is 0.267 e. The lowest BCUT2D eigenvalue weighted by Gasteiger charge is -2.33. The van der Waals surface area contributed by atoms with Gasteiger partial charge in [0, 0.05) is 26.2 Å². The SMILES string of the molecule is CCc1nnsc1C(=O)N1CCN(S(=O)(=O)c2cc(F)ccc2F)CC1. The number of hydrogen-bond donors (Lipinski definition) is 0. The number of halogens is 2. The summed E-state index contributed by atoms with van der Waals surface area (Å²) in [6.45, 7) is 2.16. The summed E-state index contributed by atoms with van der Waals surface area (Å²) in [5.74, 6) is -2.08. The standard InChI is InChI=1S/C15H16F2N4O3S2/c1-2-12-14(25-19-18-12)15(22)20-5-7-21(8-6-20)26(23,24)13-9-10(16)3-4-11(13)17/h3-4,9H,2,5-8H2,1H3. The summed E-state index contributed by atoms with van der Waals surface area (Å²) in [6.07, 6.45) is 0.574. The number of nitrogens with zero attached hydrogens (tertiary/aromatic N) is 4. The highest BCUT2D eigenvalue weighted by molar-refractivity contribution is 7.89. The van der Waals surface area contributed by atoms with Crippen LogP contribution in [0.15, 0.2) is 23.1 Å². The van der Waals surface area contributed by atoms with Crippen LogP contribution in [-0.4, -0.2) is 59.3 Å². The molecule has 3 rings (SSSR count). The van der Waals surface area contributed by atoms with E-state index < -0.39 is 26.6 Å². The van der Waals surface area contributed by atoms with E-state index in [1.807, 2.05) is 6.92 Å². The van der Waals surface area contributed by atoms with Gasteiger partial charge in [0.2, 0.25) is 10.0 Å². The number of piperazine rings is 1. The Morgan fingerprint density at radius 1 is 1.23 bits per heavy atom. The van der Waals surface area contributed by atoms with Crippen LogP contribution in [-0.2, 0) is 16.4 Å². The van der Waals surface area contributed by atoms with Crippen LogP contribution >= 0.6 is 11.5 Å². The molecule has 1 aliphatic heterocycles. The molecule has 0 radical (unpaired) electrons. The average Bonchev–Trinajstić information content (AvgIpc) is 3.12. The highest BCUT2D eigenvalue weighted by atomic mass is 32.2. The van der Waals surface area contributed by atoms with Gasteiger partial charge in [-0.3, -0.25) is 4.79 Å². The van der Waals surface area contributed by atoms with E-state index in [2.05, 4.69) is 9.59 Å². The van der Waals surface area contributed by atoms with E-state index in [0.717, 1.165) is 28.0 Å². The Kier molecular flexibility index (Phi) is 5.30. The average molecular weight is 402 g/mol. The molecule has 0 bridgehead atoms. The van der Waals surface area contributed by atoms with E-state index in [-0.39, 0.29) is 32.1 Å². The van der Waals surface area contributed by atoms with Gasteiger partial charge in [0.15, 0.2) is 0 Å². The number of carbonyl (C=O) groups is 1. The first-order valence-electron chi connectivity index (χ1n) is 7.90. The third-order valence-corrected chi connectivity index (χ3v) is 6.79. The van der Waals surface area contributed by atoms with Gasteiger partial charge in [-0.1, -0.05) is 11.4 Å². The molecule has 2 aromatic rings. The van der Waals surface area contributed by atoms with Crippen molar-refractivity contribution in [2.75, 3.05) is 26.2 Å². The van der Waals surface area contributed by atoms with Crippen LogP contribution in [0.25, 0.3) is 0 Å². The molecular weight excluding hydrogens is 386 g/mol. The Morgan fingerprint density at radius 3 is 2.58 bits per heavy atom. The molecule has 0 aliphatic carbocycles. The molecule has 7 nitrogen and oxygen atoms in total. The van der Waals surface area contributed by atoms with Gasteiger partial charge in [0.25, 0.3) is 5.91 Å². The van der Waals surface area contributed by atoms with Crippen LogP contribution < -0.4 is 0 Å². The number of carbonyl (C=O) groups excluding carboxylic acids is 1. The molecule has 0 saturated carbocycles. The van der Waals surface area contributed by atoms with E-state index in [4.69, 9.17) is 0 Å². The molecule has 1 amide bonds. The minimum absolute atomic E-state index is 0.00226. The molecule has 1 saturated heterocycles. The number of aryl methyl sites for hydroxylation is 1. The lowest BCUT2D eigenvalue weighted by Crippen LogP contribution is -2.50. The first kappa shape index (κ1) is 18.8. The molecule has 0 N–H and O–H groups in total. The molecule has 0 atom stereocenters. The summed E-state index contributed by atoms with van der Waals surface area (Å²) in [6, 6.07) is 2.31. The maximum absolute atomic E-state index is 13.8. The van der Waals surface area contributed by atoms with Gasteiger partial charge in [-0.15, -0.1) is 5.10 Å². The van der Waals surface area contributed by atoms with E-state index >= 15 is 0 Å². The Balaban J connectivity index is 1.74. The molecular formula is C15H16F2N4O3S2. The second-order valence-corrected chi connectivity index (χ2v) is 8.33. The van der Waals surface area contributed by atoms with Crippen molar-refractivity contribution in [3.63, 3.8) is 0 Å². The van der Waals surface area contributed by atoms with E-state index in [9.17, 15) is 22.0 Å². The quantitative estimate of drug-likeness (QED) is 0.774. The zero-order valence-corrected chi connectivity index (χ0v) is 15.5. The van der Waals surface area contributed by atoms with Gasteiger partial charge >= 0.3 is 0 Å². The predicted octanol–water partition coefficient (Wildman–Crippen LogP) is 1.53. The Morgan fingerprint density at radius 2 is 1.92 bits per heavy atom. The van der Waals surface area contributed by atoms with Gasteiger partial charge in [-0.2, -0.15) is 4.31 Å². The molecule has 2 heterocycles. The molecule has 1 aliphatic rings. The smallest absolute Gasteiger partial charge is 0.267 e. The van der Waals surface area contributed by atoms with E-state index in [0.29, 0.717) is 23.1 Å². The Bertz CT molecular complexity index is 925. The van der Waals surface area contributed by atoms with Gasteiger partial charge in [0.05, 0.1) is 5.69 Å². The predicted molar refractivity (Wildman–Crippen MR) is 90.3 cm³/mol. The number of amides is 1. The normalized spacial score (nSPS) is 16.0. The van der Waals surface area contributed by atoms with Gasteiger partial charge in [-0.05, 0) is 36.2 Å². The molecule has 140 valence electrons. The van der Waals surface area contributed by atoms with Crippen LogP contribution in [0.5, 0.6) is 0 Å². The van der Waals surface area contributed by atoms with Crippen molar-refractivity contribution in [3.8, 4) is 0 Å². The van der Waals surface area contributed by atoms with E-state index in [1.54, 1.807) is 0 Å². The van der Waals surface area contributed by atoms with Gasteiger partial charge < -0.3 is 4.90 Å². The summed E-state index contributed by atoms with van der Waals surface area (Å²) in [4.78, 5) is 13.8. The zero-order valence-electron chi connectivity index (χ0n) is 13.9. The molecule has 1 aromatic heterocycles. The lowest BCUT2D eigenvalue weighted by molar-refractivity contribution is 0.0701. The van der Waals surface area contributed by atoms with Crippen molar-refractivity contribution in [2.45, 2.75) is 18.2 Å². The lowest BCUT2D eigenvalue weighted by atomic mass is 10.2. The van der Waals surface area contributed by atoms with Crippen LogP contribution in [0.4, 0.5) is 8.78 Å². The highest BCUT2D eigenvalue weighted by Crippen LogP contribution is 2.23. The monoisotopic (exact) mass is 402 g/mol. The molecule has 1 fully saturated rings. The first-order valence-corrected chi connectivity index (χ1v) is 10.1. The van der Waals surface area contributed by atoms with Crippen molar-refractivity contribution >= 4 is 27.5 Å². The molecule has 1 aromatic carbocycles. The third-order valence-electron chi connectivity index (χ3n) is 4.12. The van der Waals surface area contributed by atoms with Gasteiger partial charge in [0.1, 0.15) is 21.4 Å². The van der Waals surface area contributed by atoms with Crippen LogP contribution in [0, 0.1) is 11.6 Å². The fraction of sp³-hybridized carbons (Fsp3) is 0.400. The summed E-state index contributed by atoms with van der Waals surface area (Å²) in [7, 11) is -4.17. The first-order chi connectivity index (χ1) is 12.3. The molecule has 0 unspecified atom stereocenters. The maximum atomic E-state index is 13.8. The second-order valence-electron chi connectivity index (χ2n) is 5.67. The third kappa shape index (κ3) is 3.46. The van der Waals surface area contributed by atoms with Crippen LogP contribution in [0.3, 0.4) is 0 Å². The molecule has 26 heavy (non-hydrogen) atoms. The van der Waals surface area contributed by atoms with Crippen LogP contribution in [0.2, 0.25) is 0 Å². The summed E-state index contributed by atoms with van der Waals surface area (Å²) < 4.78 is 57.1. The number of benzene rings is 1. The largest absolute Gasteiger partial charge is 0.335 e. The number of sulfonamides is 1. The van der Waals surface area contributed by atoms with Gasteiger partial charge in [-0.25, -0.2) is 17.2 Å². The summed E-state index contributed by atoms with van der Waals surface area (Å²) in [5, 5.41) is 3.90. The highest BCUT2D eigenvalue weighted by Gasteiger charge is 2.33. The molecule has 11 heteroatoms. The summed E-state index contributed by atoms with van der Waals surface area (Å²) in [5.41, 5.74) is 0.608. The fourth-order valence-corrected chi connectivity index (χ4v) is 4.91. The van der Waals surface area contributed by atoms with Crippen molar-refractivity contribution < 1.29 is 22.0 Å². The van der Waals surface area contributed by atoms with Crippen molar-refractivity contribution in [1.82, 2.24) is 18.8 Å². The Hall–Kier alpha value is -1.98. The Labute approximate surface area is 153 Å². The minimum Gasteiger partial charge on any atom is -0.335 e. The number of rotatable bonds is 4. The minimum atomic E-state index is -4.17. The number of hydrogen-bond acceptors (Lipinski definition) is 6. The second kappa shape index (κ2) is 7.33. The van der Waals surface area contributed by atoms with Crippen molar-refractivity contribution in [3.05, 3.63) is 40.4 Å². The van der Waals surface area contributed by atoms with Crippen molar-refractivity contribution in [2.24, 2.45) is 0 Å². The number of aromatic nitrogens is 2.